The van der Waals surface area contributed by atoms with Crippen LogP contribution < -0.4 is 0 Å². The highest BCUT2D eigenvalue weighted by molar-refractivity contribution is 9.10. The monoisotopic (exact) mass is 248 g/mol. The summed E-state index contributed by atoms with van der Waals surface area (Å²) in [7, 11) is 0. The number of phenols is 1. The highest BCUT2D eigenvalue weighted by Crippen LogP contribution is 2.24. The van der Waals surface area contributed by atoms with E-state index in [1.165, 1.54) is 6.07 Å². The number of hydrogen-bond acceptors (Lipinski definition) is 2. The predicted molar refractivity (Wildman–Crippen MR) is 52.5 cm³/mol. The molecule has 0 aromatic heterocycles. The lowest BCUT2D eigenvalue weighted by Crippen LogP contribution is -1.85. The van der Waals surface area contributed by atoms with Gasteiger partial charge >= 0.3 is 0 Å². The summed E-state index contributed by atoms with van der Waals surface area (Å²) >= 11 is 2.98. The topological polar surface area (TPSA) is 37.3 Å². The molecule has 0 bridgehead atoms. The van der Waals surface area contributed by atoms with Crippen LogP contribution in [0.2, 0.25) is 0 Å². The third-order valence-corrected chi connectivity index (χ3v) is 1.64. The summed E-state index contributed by atoms with van der Waals surface area (Å²) < 4.78 is 13.0. The Morgan fingerprint density at radius 3 is 2.46 bits per heavy atom. The van der Waals surface area contributed by atoms with E-state index in [0.717, 1.165) is 6.07 Å². The van der Waals surface area contributed by atoms with E-state index in [-0.39, 0.29) is 5.56 Å². The van der Waals surface area contributed by atoms with E-state index in [1.807, 2.05) is 13.8 Å². The Bertz CT molecular complexity index is 300. The third kappa shape index (κ3) is 3.14. The van der Waals surface area contributed by atoms with Gasteiger partial charge in [0.1, 0.15) is 0 Å². The van der Waals surface area contributed by atoms with Crippen molar-refractivity contribution in [1.29, 1.82) is 0 Å². The molecule has 4 heteroatoms. The average Bonchev–Trinajstić information content (AvgIpc) is 2.14. The van der Waals surface area contributed by atoms with E-state index in [1.54, 1.807) is 0 Å². The molecule has 0 heterocycles. The Balaban J connectivity index is 0.000000671. The van der Waals surface area contributed by atoms with Crippen LogP contribution in [-0.2, 0) is 0 Å². The molecule has 0 saturated heterocycles. The first-order chi connectivity index (χ1) is 6.15. The summed E-state index contributed by atoms with van der Waals surface area (Å²) in [6.45, 7) is 4.00. The van der Waals surface area contributed by atoms with Crippen LogP contribution in [-0.4, -0.2) is 11.4 Å². The van der Waals surface area contributed by atoms with Gasteiger partial charge in [-0.1, -0.05) is 29.8 Å². The van der Waals surface area contributed by atoms with E-state index in [9.17, 15) is 9.18 Å². The molecule has 13 heavy (non-hydrogen) atoms. The van der Waals surface area contributed by atoms with E-state index >= 15 is 0 Å². The van der Waals surface area contributed by atoms with Crippen LogP contribution in [0, 0.1) is 5.82 Å². The van der Waals surface area contributed by atoms with Gasteiger partial charge < -0.3 is 5.11 Å². The van der Waals surface area contributed by atoms with Gasteiger partial charge in [0, 0.05) is 4.47 Å². The fourth-order valence-corrected chi connectivity index (χ4v) is 1.12. The number of aromatic hydroxyl groups is 1. The van der Waals surface area contributed by atoms with Crippen molar-refractivity contribution < 1.29 is 14.3 Å². The van der Waals surface area contributed by atoms with E-state index in [4.69, 9.17) is 5.11 Å². The van der Waals surface area contributed by atoms with Crippen LogP contribution in [0.3, 0.4) is 0 Å². The zero-order chi connectivity index (χ0) is 10.4. The van der Waals surface area contributed by atoms with Crippen molar-refractivity contribution in [2.75, 3.05) is 0 Å². The Morgan fingerprint density at radius 1 is 1.46 bits per heavy atom. The maximum absolute atomic E-state index is 12.6. The van der Waals surface area contributed by atoms with Gasteiger partial charge in [0.15, 0.2) is 17.9 Å². The second-order valence-electron chi connectivity index (χ2n) is 1.94. The number of rotatable bonds is 1. The molecule has 1 N–H and O–H groups in total. The molecule has 0 saturated carbocycles. The summed E-state index contributed by atoms with van der Waals surface area (Å²) in [5.41, 5.74) is -0.0584. The lowest BCUT2D eigenvalue weighted by atomic mass is 10.2. The molecule has 2 nitrogen and oxygen atoms in total. The lowest BCUT2D eigenvalue weighted by molar-refractivity contribution is 0.112. The molecular formula is C9H10BrFO2. The highest BCUT2D eigenvalue weighted by Gasteiger charge is 2.06. The van der Waals surface area contributed by atoms with Gasteiger partial charge in [0.05, 0.1) is 5.56 Å². The zero-order valence-electron chi connectivity index (χ0n) is 7.34. The summed E-state index contributed by atoms with van der Waals surface area (Å²) in [6.07, 6.45) is 0.392. The Labute approximate surface area is 84.5 Å². The van der Waals surface area contributed by atoms with Crippen LogP contribution in [0.15, 0.2) is 16.6 Å². The van der Waals surface area contributed by atoms with Gasteiger partial charge in [0.2, 0.25) is 0 Å². The van der Waals surface area contributed by atoms with Gasteiger partial charge in [-0.15, -0.1) is 0 Å². The first kappa shape index (κ1) is 12.1. The van der Waals surface area contributed by atoms with Crippen molar-refractivity contribution in [3.63, 3.8) is 0 Å². The minimum absolute atomic E-state index is 0.0584. The largest absolute Gasteiger partial charge is 0.504 e. The van der Waals surface area contributed by atoms with Crippen molar-refractivity contribution >= 4 is 22.2 Å². The number of halogens is 2. The molecule has 1 aromatic carbocycles. The number of carbonyl (C=O) groups is 1. The minimum atomic E-state index is -0.804. The number of carbonyl (C=O) groups excluding carboxylic acids is 1. The van der Waals surface area contributed by atoms with E-state index in [2.05, 4.69) is 15.9 Å². The molecule has 0 aliphatic heterocycles. The standard InChI is InChI=1S/C7H4BrFO2.C2H6/c8-5-1-4(3-10)7(11)6(9)2-5;1-2/h1-3,11H;1-2H3. The fourth-order valence-electron chi connectivity index (χ4n) is 0.676. The third-order valence-electron chi connectivity index (χ3n) is 1.18. The number of aldehydes is 1. The van der Waals surface area contributed by atoms with Crippen molar-refractivity contribution in [1.82, 2.24) is 0 Å². The second-order valence-corrected chi connectivity index (χ2v) is 2.86. The number of benzene rings is 1. The SMILES string of the molecule is CC.O=Cc1cc(Br)cc(F)c1O. The van der Waals surface area contributed by atoms with Gasteiger partial charge in [0.25, 0.3) is 0 Å². The molecule has 1 rings (SSSR count). The molecule has 0 atom stereocenters. The Hall–Kier alpha value is -0.900. The van der Waals surface area contributed by atoms with Gasteiger partial charge in [-0.2, -0.15) is 0 Å². The van der Waals surface area contributed by atoms with Crippen molar-refractivity contribution in [2.24, 2.45) is 0 Å². The van der Waals surface area contributed by atoms with Crippen LogP contribution in [0.1, 0.15) is 24.2 Å². The van der Waals surface area contributed by atoms with Crippen molar-refractivity contribution in [3.05, 3.63) is 28.0 Å². The predicted octanol–water partition coefficient (Wildman–Crippen LogP) is 3.13. The van der Waals surface area contributed by atoms with Crippen LogP contribution >= 0.6 is 15.9 Å². The van der Waals surface area contributed by atoms with Gasteiger partial charge in [-0.3, -0.25) is 4.79 Å². The zero-order valence-corrected chi connectivity index (χ0v) is 8.93. The molecule has 0 fully saturated rings. The first-order valence-corrected chi connectivity index (χ1v) is 4.57. The van der Waals surface area contributed by atoms with Crippen molar-refractivity contribution in [2.45, 2.75) is 13.8 Å². The second kappa shape index (κ2) is 5.70. The molecule has 0 aliphatic carbocycles. The molecular weight excluding hydrogens is 239 g/mol. The van der Waals surface area contributed by atoms with E-state index in [0.29, 0.717) is 10.8 Å². The first-order valence-electron chi connectivity index (χ1n) is 3.78. The normalized spacial score (nSPS) is 8.62. The summed E-state index contributed by atoms with van der Waals surface area (Å²) in [5, 5.41) is 8.89. The fraction of sp³-hybridized carbons (Fsp3) is 0.222. The van der Waals surface area contributed by atoms with Crippen LogP contribution in [0.4, 0.5) is 4.39 Å². The lowest BCUT2D eigenvalue weighted by Gasteiger charge is -1.98. The van der Waals surface area contributed by atoms with E-state index < -0.39 is 11.6 Å². The van der Waals surface area contributed by atoms with Crippen LogP contribution in [0.25, 0.3) is 0 Å². The number of hydrogen-bond donors (Lipinski definition) is 1. The summed E-state index contributed by atoms with van der Waals surface area (Å²) in [4.78, 5) is 10.2. The van der Waals surface area contributed by atoms with Crippen LogP contribution in [0.5, 0.6) is 5.75 Å². The van der Waals surface area contributed by atoms with Gasteiger partial charge in [-0.05, 0) is 12.1 Å². The molecule has 0 amide bonds. The Kier molecular flexibility index (Phi) is 5.30. The Morgan fingerprint density at radius 2 is 2.00 bits per heavy atom. The highest BCUT2D eigenvalue weighted by atomic mass is 79.9. The summed E-state index contributed by atoms with van der Waals surface area (Å²) in [5.74, 6) is -1.41. The molecule has 0 unspecified atom stereocenters. The molecule has 0 radical (unpaired) electrons. The molecule has 72 valence electrons. The average molecular weight is 249 g/mol. The molecule has 1 aromatic rings. The number of phenolic OH excluding ortho intramolecular Hbond substituents is 1. The maximum atomic E-state index is 12.6. The molecule has 0 spiro atoms. The van der Waals surface area contributed by atoms with Gasteiger partial charge in [-0.25, -0.2) is 4.39 Å². The maximum Gasteiger partial charge on any atom is 0.166 e. The minimum Gasteiger partial charge on any atom is -0.504 e. The molecule has 0 aliphatic rings. The quantitative estimate of drug-likeness (QED) is 0.776. The summed E-state index contributed by atoms with van der Waals surface area (Å²) in [6, 6.07) is 2.42. The smallest absolute Gasteiger partial charge is 0.166 e. The van der Waals surface area contributed by atoms with Crippen molar-refractivity contribution in [3.8, 4) is 5.75 Å².